The van der Waals surface area contributed by atoms with Crippen LogP contribution in [0, 0.1) is 0 Å². The second kappa shape index (κ2) is 6.01. The van der Waals surface area contributed by atoms with Gasteiger partial charge in [0.25, 0.3) is 11.5 Å². The number of nitrogens with one attached hydrogen (secondary N) is 1. The van der Waals surface area contributed by atoms with Gasteiger partial charge in [0.2, 0.25) is 0 Å². The number of hydrogen-bond acceptors (Lipinski definition) is 5. The maximum atomic E-state index is 12.3. The maximum absolute atomic E-state index is 12.3. The molecule has 1 fully saturated rings. The lowest BCUT2D eigenvalue weighted by Gasteiger charge is -2.30. The standard InChI is InChI=1S/C17H19N5O4/c1-20-14-12(16(24)21(2)17(20)25)18-13(19-14)10-5-7-22(8-6-10)15(23)11-4-3-9-26-11/h3-4,9-10H,5-8H2,1-2H3,(H,18,19). The molecule has 0 aliphatic carbocycles. The minimum Gasteiger partial charge on any atom is -0.459 e. The lowest BCUT2D eigenvalue weighted by atomic mass is 9.96. The Hall–Kier alpha value is -3.10. The van der Waals surface area contributed by atoms with Crippen LogP contribution in [0.5, 0.6) is 0 Å². The molecule has 1 aliphatic rings. The topological polar surface area (TPSA) is 106 Å². The number of aromatic amines is 1. The smallest absolute Gasteiger partial charge is 0.332 e. The SMILES string of the molecule is Cn1c(=O)c2[nH]c(C3CCN(C(=O)c4ccco4)CC3)nc2n(C)c1=O. The molecule has 3 aromatic rings. The van der Waals surface area contributed by atoms with Crippen molar-refractivity contribution in [3.63, 3.8) is 0 Å². The van der Waals surface area contributed by atoms with Gasteiger partial charge in [-0.2, -0.15) is 0 Å². The van der Waals surface area contributed by atoms with Gasteiger partial charge in [-0.1, -0.05) is 0 Å². The number of rotatable bonds is 2. The van der Waals surface area contributed by atoms with Gasteiger partial charge in [-0.3, -0.25) is 18.7 Å². The fourth-order valence-corrected chi connectivity index (χ4v) is 3.45. The zero-order chi connectivity index (χ0) is 18.4. The van der Waals surface area contributed by atoms with Gasteiger partial charge in [0.1, 0.15) is 11.3 Å². The van der Waals surface area contributed by atoms with Gasteiger partial charge in [0, 0.05) is 33.1 Å². The molecule has 0 spiro atoms. The number of piperidine rings is 1. The monoisotopic (exact) mass is 357 g/mol. The number of aryl methyl sites for hydroxylation is 1. The lowest BCUT2D eigenvalue weighted by molar-refractivity contribution is 0.0679. The normalized spacial score (nSPS) is 15.7. The summed E-state index contributed by atoms with van der Waals surface area (Å²) in [7, 11) is 3.04. The number of H-pyrrole nitrogens is 1. The lowest BCUT2D eigenvalue weighted by Crippen LogP contribution is -2.37. The molecule has 0 atom stereocenters. The number of likely N-dealkylation sites (tertiary alicyclic amines) is 1. The van der Waals surface area contributed by atoms with Gasteiger partial charge in [0.05, 0.1) is 6.26 Å². The first-order valence-electron chi connectivity index (χ1n) is 8.45. The second-order valence-corrected chi connectivity index (χ2v) is 6.57. The van der Waals surface area contributed by atoms with E-state index in [0.717, 1.165) is 17.4 Å². The summed E-state index contributed by atoms with van der Waals surface area (Å²) in [4.78, 5) is 46.0. The molecule has 1 aliphatic heterocycles. The van der Waals surface area contributed by atoms with Crippen LogP contribution in [0.1, 0.15) is 35.1 Å². The molecule has 0 bridgehead atoms. The highest BCUT2D eigenvalue weighted by molar-refractivity contribution is 5.91. The van der Waals surface area contributed by atoms with Crippen LogP contribution in [0.2, 0.25) is 0 Å². The quantitative estimate of drug-likeness (QED) is 0.722. The predicted molar refractivity (Wildman–Crippen MR) is 93.2 cm³/mol. The summed E-state index contributed by atoms with van der Waals surface area (Å²) in [5.74, 6) is 1.01. The minimum atomic E-state index is -0.403. The summed E-state index contributed by atoms with van der Waals surface area (Å²) in [6, 6.07) is 3.35. The van der Waals surface area contributed by atoms with Gasteiger partial charge >= 0.3 is 5.69 Å². The van der Waals surface area contributed by atoms with Crippen LogP contribution in [0.25, 0.3) is 11.2 Å². The van der Waals surface area contributed by atoms with Gasteiger partial charge in [-0.05, 0) is 25.0 Å². The molecular formula is C17H19N5O4. The summed E-state index contributed by atoms with van der Waals surface area (Å²) in [5.41, 5.74) is -0.0902. The van der Waals surface area contributed by atoms with E-state index >= 15 is 0 Å². The van der Waals surface area contributed by atoms with Crippen molar-refractivity contribution in [3.8, 4) is 0 Å². The van der Waals surface area contributed by atoms with E-state index < -0.39 is 5.69 Å². The second-order valence-electron chi connectivity index (χ2n) is 6.57. The number of hydrogen-bond donors (Lipinski definition) is 1. The molecule has 26 heavy (non-hydrogen) atoms. The molecule has 4 heterocycles. The van der Waals surface area contributed by atoms with Crippen LogP contribution < -0.4 is 11.2 Å². The summed E-state index contributed by atoms with van der Waals surface area (Å²) in [6.07, 6.45) is 2.93. The van der Waals surface area contributed by atoms with Crippen molar-refractivity contribution in [1.82, 2.24) is 24.0 Å². The van der Waals surface area contributed by atoms with Crippen molar-refractivity contribution < 1.29 is 9.21 Å². The summed E-state index contributed by atoms with van der Waals surface area (Å²) in [6.45, 7) is 1.16. The van der Waals surface area contributed by atoms with Crippen LogP contribution >= 0.6 is 0 Å². The van der Waals surface area contributed by atoms with E-state index in [1.807, 2.05) is 0 Å². The van der Waals surface area contributed by atoms with Crippen molar-refractivity contribution in [2.75, 3.05) is 13.1 Å². The Labute approximate surface area is 147 Å². The molecule has 0 unspecified atom stereocenters. The Bertz CT molecular complexity index is 1080. The van der Waals surface area contributed by atoms with Crippen molar-refractivity contribution in [1.29, 1.82) is 0 Å². The summed E-state index contributed by atoms with van der Waals surface area (Å²) < 4.78 is 7.60. The zero-order valence-corrected chi connectivity index (χ0v) is 14.6. The first-order chi connectivity index (χ1) is 12.5. The van der Waals surface area contributed by atoms with Gasteiger partial charge in [-0.15, -0.1) is 0 Å². The molecule has 0 radical (unpaired) electrons. The first-order valence-corrected chi connectivity index (χ1v) is 8.45. The summed E-state index contributed by atoms with van der Waals surface area (Å²) in [5, 5.41) is 0. The third-order valence-electron chi connectivity index (χ3n) is 5.01. The number of nitrogens with zero attached hydrogens (tertiary/aromatic N) is 4. The largest absolute Gasteiger partial charge is 0.459 e. The van der Waals surface area contributed by atoms with Crippen molar-refractivity contribution in [2.24, 2.45) is 14.1 Å². The number of amides is 1. The number of furan rings is 1. The highest BCUT2D eigenvalue weighted by Gasteiger charge is 2.28. The number of aromatic nitrogens is 4. The fraction of sp³-hybridized carbons (Fsp3) is 0.412. The van der Waals surface area contributed by atoms with E-state index in [9.17, 15) is 14.4 Å². The molecule has 136 valence electrons. The molecule has 4 rings (SSSR count). The molecule has 1 N–H and O–H groups in total. The van der Waals surface area contributed by atoms with Crippen molar-refractivity contribution in [2.45, 2.75) is 18.8 Å². The van der Waals surface area contributed by atoms with E-state index in [0.29, 0.717) is 35.8 Å². The average molecular weight is 357 g/mol. The molecular weight excluding hydrogens is 338 g/mol. The number of carbonyl (C=O) groups is 1. The number of carbonyl (C=O) groups excluding carboxylic acids is 1. The Morgan fingerprint density at radius 3 is 2.62 bits per heavy atom. The van der Waals surface area contributed by atoms with Gasteiger partial charge in [-0.25, -0.2) is 9.78 Å². The molecule has 1 amide bonds. The van der Waals surface area contributed by atoms with Crippen LogP contribution in [0.15, 0.2) is 32.4 Å². The van der Waals surface area contributed by atoms with Crippen molar-refractivity contribution >= 4 is 17.1 Å². The minimum absolute atomic E-state index is 0.0999. The van der Waals surface area contributed by atoms with E-state index in [4.69, 9.17) is 4.42 Å². The molecule has 0 aromatic carbocycles. The van der Waals surface area contributed by atoms with Crippen LogP contribution in [0.4, 0.5) is 0 Å². The third-order valence-corrected chi connectivity index (χ3v) is 5.01. The van der Waals surface area contributed by atoms with Crippen LogP contribution in [-0.4, -0.2) is 43.0 Å². The number of fused-ring (bicyclic) bond motifs is 1. The molecule has 9 heteroatoms. The van der Waals surface area contributed by atoms with Gasteiger partial charge in [0.15, 0.2) is 11.4 Å². The highest BCUT2D eigenvalue weighted by Crippen LogP contribution is 2.27. The van der Waals surface area contributed by atoms with Crippen molar-refractivity contribution in [3.05, 3.63) is 50.8 Å². The Balaban J connectivity index is 1.58. The van der Waals surface area contributed by atoms with Crippen LogP contribution in [-0.2, 0) is 14.1 Å². The van der Waals surface area contributed by atoms with E-state index in [2.05, 4.69) is 9.97 Å². The Kier molecular flexibility index (Phi) is 3.78. The summed E-state index contributed by atoms with van der Waals surface area (Å²) >= 11 is 0. The molecule has 1 saturated heterocycles. The molecule has 3 aromatic heterocycles. The fourth-order valence-electron chi connectivity index (χ4n) is 3.45. The Morgan fingerprint density at radius 1 is 1.23 bits per heavy atom. The average Bonchev–Trinajstić information content (AvgIpc) is 3.34. The Morgan fingerprint density at radius 2 is 1.96 bits per heavy atom. The third kappa shape index (κ3) is 2.47. The van der Waals surface area contributed by atoms with E-state index in [1.165, 1.54) is 17.9 Å². The number of imidazole rings is 1. The highest BCUT2D eigenvalue weighted by atomic mass is 16.3. The zero-order valence-electron chi connectivity index (χ0n) is 14.6. The van der Waals surface area contributed by atoms with E-state index in [-0.39, 0.29) is 17.4 Å². The van der Waals surface area contributed by atoms with Crippen LogP contribution in [0.3, 0.4) is 0 Å². The molecule has 9 nitrogen and oxygen atoms in total. The van der Waals surface area contributed by atoms with Gasteiger partial charge < -0.3 is 14.3 Å². The van der Waals surface area contributed by atoms with E-state index in [1.54, 1.807) is 24.1 Å². The maximum Gasteiger partial charge on any atom is 0.332 e. The first kappa shape index (κ1) is 16.4. The molecule has 0 saturated carbocycles. The predicted octanol–water partition coefficient (Wildman–Crippen LogP) is 0.573.